The molecular formula is C13H13N3O3. The highest BCUT2D eigenvalue weighted by atomic mass is 16.4. The summed E-state index contributed by atoms with van der Waals surface area (Å²) < 4.78 is 1.67. The van der Waals surface area contributed by atoms with Crippen LogP contribution >= 0.6 is 0 Å². The SMILES string of the molecule is O=C(O)N1Cc2c(cnn2-c2ccccc2)C(O)C1. The molecular weight excluding hydrogens is 246 g/mol. The van der Waals surface area contributed by atoms with Crippen molar-refractivity contribution < 1.29 is 15.0 Å². The summed E-state index contributed by atoms with van der Waals surface area (Å²) in [5.41, 5.74) is 2.26. The van der Waals surface area contributed by atoms with Crippen LogP contribution in [-0.2, 0) is 6.54 Å². The Kier molecular flexibility index (Phi) is 2.72. The van der Waals surface area contributed by atoms with E-state index in [1.807, 2.05) is 30.3 Å². The second-order valence-corrected chi connectivity index (χ2v) is 4.47. The van der Waals surface area contributed by atoms with Crippen molar-refractivity contribution in [1.29, 1.82) is 0 Å². The van der Waals surface area contributed by atoms with E-state index in [2.05, 4.69) is 5.10 Å². The van der Waals surface area contributed by atoms with Crippen LogP contribution in [0.2, 0.25) is 0 Å². The maximum atomic E-state index is 11.1. The fourth-order valence-electron chi connectivity index (χ4n) is 2.31. The Balaban J connectivity index is 2.05. The monoisotopic (exact) mass is 259 g/mol. The standard InChI is InChI=1S/C13H13N3O3/c17-12-8-15(13(18)19)7-11-10(12)6-14-16(11)9-4-2-1-3-5-9/h1-6,12,17H,7-8H2,(H,18,19). The fourth-order valence-corrected chi connectivity index (χ4v) is 2.31. The molecule has 0 spiro atoms. The molecule has 1 atom stereocenters. The lowest BCUT2D eigenvalue weighted by Crippen LogP contribution is -2.37. The van der Waals surface area contributed by atoms with Crippen molar-refractivity contribution in [3.05, 3.63) is 47.8 Å². The van der Waals surface area contributed by atoms with Crippen molar-refractivity contribution in [1.82, 2.24) is 14.7 Å². The number of rotatable bonds is 1. The lowest BCUT2D eigenvalue weighted by Gasteiger charge is -2.28. The van der Waals surface area contributed by atoms with Crippen molar-refractivity contribution in [2.75, 3.05) is 6.54 Å². The van der Waals surface area contributed by atoms with E-state index >= 15 is 0 Å². The first kappa shape index (κ1) is 11.7. The van der Waals surface area contributed by atoms with Gasteiger partial charge < -0.3 is 10.2 Å². The van der Waals surface area contributed by atoms with Crippen molar-refractivity contribution in [2.45, 2.75) is 12.6 Å². The minimum atomic E-state index is -1.04. The molecule has 0 radical (unpaired) electrons. The molecule has 0 aliphatic carbocycles. The van der Waals surface area contributed by atoms with Gasteiger partial charge in [0, 0.05) is 5.56 Å². The molecule has 6 heteroatoms. The molecule has 1 unspecified atom stereocenters. The van der Waals surface area contributed by atoms with Gasteiger partial charge in [-0.1, -0.05) is 18.2 Å². The number of fused-ring (bicyclic) bond motifs is 1. The molecule has 0 fully saturated rings. The summed E-state index contributed by atoms with van der Waals surface area (Å²) in [5, 5.41) is 23.3. The van der Waals surface area contributed by atoms with Crippen molar-refractivity contribution in [2.24, 2.45) is 0 Å². The zero-order chi connectivity index (χ0) is 13.4. The lowest BCUT2D eigenvalue weighted by atomic mass is 10.1. The van der Waals surface area contributed by atoms with Gasteiger partial charge in [-0.25, -0.2) is 9.48 Å². The molecule has 19 heavy (non-hydrogen) atoms. The molecule has 1 aliphatic rings. The van der Waals surface area contributed by atoms with E-state index in [9.17, 15) is 9.90 Å². The van der Waals surface area contributed by atoms with Gasteiger partial charge in [0.2, 0.25) is 0 Å². The summed E-state index contributed by atoms with van der Waals surface area (Å²) >= 11 is 0. The summed E-state index contributed by atoms with van der Waals surface area (Å²) in [6.07, 6.45) is -0.255. The third-order valence-electron chi connectivity index (χ3n) is 3.27. The number of aliphatic hydroxyl groups is 1. The van der Waals surface area contributed by atoms with Gasteiger partial charge in [-0.15, -0.1) is 0 Å². The van der Waals surface area contributed by atoms with E-state index in [-0.39, 0.29) is 13.1 Å². The third kappa shape index (κ3) is 1.96. The minimum absolute atomic E-state index is 0.0861. The van der Waals surface area contributed by atoms with E-state index in [0.29, 0.717) is 11.3 Å². The summed E-state index contributed by atoms with van der Waals surface area (Å²) in [7, 11) is 0. The Hall–Kier alpha value is -2.34. The van der Waals surface area contributed by atoms with E-state index in [4.69, 9.17) is 5.11 Å². The number of carbonyl (C=O) groups is 1. The van der Waals surface area contributed by atoms with Crippen LogP contribution in [0.5, 0.6) is 0 Å². The van der Waals surface area contributed by atoms with Crippen LogP contribution in [0, 0.1) is 0 Å². The fraction of sp³-hybridized carbons (Fsp3) is 0.231. The summed E-state index contributed by atoms with van der Waals surface area (Å²) in [4.78, 5) is 12.3. The highest BCUT2D eigenvalue weighted by Gasteiger charge is 2.30. The second kappa shape index (κ2) is 4.40. The number of aromatic nitrogens is 2. The summed E-state index contributed by atoms with van der Waals surface area (Å²) in [6, 6.07) is 9.45. The summed E-state index contributed by atoms with van der Waals surface area (Å²) in [6.45, 7) is 0.319. The third-order valence-corrected chi connectivity index (χ3v) is 3.27. The first-order valence-corrected chi connectivity index (χ1v) is 5.95. The Morgan fingerprint density at radius 3 is 2.74 bits per heavy atom. The van der Waals surface area contributed by atoms with Crippen LogP contribution in [0.4, 0.5) is 4.79 Å². The average molecular weight is 259 g/mol. The van der Waals surface area contributed by atoms with Crippen LogP contribution in [0.1, 0.15) is 17.4 Å². The van der Waals surface area contributed by atoms with Gasteiger partial charge in [0.25, 0.3) is 0 Å². The number of β-amino-alcohol motifs (C(OH)–C–C–N with tert-alkyl or cyclic N) is 1. The molecule has 6 nitrogen and oxygen atoms in total. The molecule has 0 saturated heterocycles. The normalized spacial score (nSPS) is 18.2. The van der Waals surface area contributed by atoms with Crippen LogP contribution < -0.4 is 0 Å². The predicted octanol–water partition coefficient (Wildman–Crippen LogP) is 1.40. The number of hydrogen-bond acceptors (Lipinski definition) is 3. The molecule has 1 aromatic carbocycles. The molecule has 98 valence electrons. The van der Waals surface area contributed by atoms with Crippen LogP contribution in [0.25, 0.3) is 5.69 Å². The van der Waals surface area contributed by atoms with E-state index in [0.717, 1.165) is 5.69 Å². The molecule has 3 rings (SSSR count). The van der Waals surface area contributed by atoms with Crippen molar-refractivity contribution in [3.8, 4) is 5.69 Å². The van der Waals surface area contributed by atoms with Gasteiger partial charge in [0.05, 0.1) is 30.7 Å². The molecule has 2 heterocycles. The van der Waals surface area contributed by atoms with Crippen LogP contribution in [0.15, 0.2) is 36.5 Å². The average Bonchev–Trinajstić information content (AvgIpc) is 2.84. The topological polar surface area (TPSA) is 78.6 Å². The van der Waals surface area contributed by atoms with E-state index in [1.165, 1.54) is 4.90 Å². The molecule has 1 amide bonds. The highest BCUT2D eigenvalue weighted by molar-refractivity contribution is 5.65. The number of aliphatic hydroxyl groups excluding tert-OH is 1. The maximum absolute atomic E-state index is 11.1. The van der Waals surface area contributed by atoms with Crippen molar-refractivity contribution >= 4 is 6.09 Å². The second-order valence-electron chi connectivity index (χ2n) is 4.47. The minimum Gasteiger partial charge on any atom is -0.465 e. The number of carboxylic acid groups (broad SMARTS) is 1. The molecule has 1 aliphatic heterocycles. The van der Waals surface area contributed by atoms with Gasteiger partial charge in [-0.2, -0.15) is 5.10 Å². The number of hydrogen-bond donors (Lipinski definition) is 2. The first-order chi connectivity index (χ1) is 9.16. The quantitative estimate of drug-likeness (QED) is 0.811. The number of amides is 1. The molecule has 2 aromatic rings. The van der Waals surface area contributed by atoms with Gasteiger partial charge in [0.15, 0.2) is 0 Å². The number of para-hydroxylation sites is 1. The highest BCUT2D eigenvalue weighted by Crippen LogP contribution is 2.28. The predicted molar refractivity (Wildman–Crippen MR) is 67.0 cm³/mol. The van der Waals surface area contributed by atoms with Crippen LogP contribution in [0.3, 0.4) is 0 Å². The Bertz CT molecular complexity index is 609. The largest absolute Gasteiger partial charge is 0.465 e. The Morgan fingerprint density at radius 1 is 1.32 bits per heavy atom. The van der Waals surface area contributed by atoms with Crippen molar-refractivity contribution in [3.63, 3.8) is 0 Å². The molecule has 0 bridgehead atoms. The van der Waals surface area contributed by atoms with Crippen LogP contribution in [-0.4, -0.2) is 37.5 Å². The Morgan fingerprint density at radius 2 is 2.05 bits per heavy atom. The zero-order valence-corrected chi connectivity index (χ0v) is 10.1. The molecule has 2 N–H and O–H groups in total. The zero-order valence-electron chi connectivity index (χ0n) is 10.1. The summed E-state index contributed by atoms with van der Waals surface area (Å²) in [5.74, 6) is 0. The van der Waals surface area contributed by atoms with Gasteiger partial charge in [0.1, 0.15) is 6.10 Å². The smallest absolute Gasteiger partial charge is 0.407 e. The lowest BCUT2D eigenvalue weighted by molar-refractivity contribution is 0.0807. The first-order valence-electron chi connectivity index (χ1n) is 5.95. The molecule has 0 saturated carbocycles. The van der Waals surface area contributed by atoms with E-state index < -0.39 is 12.2 Å². The number of nitrogens with zero attached hydrogens (tertiary/aromatic N) is 3. The van der Waals surface area contributed by atoms with Gasteiger partial charge in [-0.3, -0.25) is 4.90 Å². The van der Waals surface area contributed by atoms with Gasteiger partial charge >= 0.3 is 6.09 Å². The van der Waals surface area contributed by atoms with E-state index in [1.54, 1.807) is 10.9 Å². The maximum Gasteiger partial charge on any atom is 0.407 e. The van der Waals surface area contributed by atoms with Gasteiger partial charge in [-0.05, 0) is 12.1 Å². The molecule has 1 aromatic heterocycles. The number of benzene rings is 1. The Labute approximate surface area is 109 Å².